The topological polar surface area (TPSA) is 73.2 Å². The molecule has 0 radical (unpaired) electrons. The number of methoxy groups -OCH3 is 1. The van der Waals surface area contributed by atoms with Gasteiger partial charge in [-0.15, -0.1) is 0 Å². The molecule has 1 aromatic rings. The maximum absolute atomic E-state index is 11.8. The Balaban J connectivity index is 1.96. The first-order valence-electron chi connectivity index (χ1n) is 7.54. The fourth-order valence-electron chi connectivity index (χ4n) is 2.71. The van der Waals surface area contributed by atoms with Crippen LogP contribution in [0.4, 0.5) is 0 Å². The largest absolute Gasteiger partial charge is 0.468 e. The Kier molecular flexibility index (Phi) is 5.88. The molecule has 0 aliphatic heterocycles. The quantitative estimate of drug-likeness (QED) is 0.640. The van der Waals surface area contributed by atoms with Gasteiger partial charge in [0.2, 0.25) is 5.91 Å². The van der Waals surface area contributed by atoms with Crippen LogP contribution in [0.2, 0.25) is 0 Å². The Labute approximate surface area is 135 Å². The zero-order valence-corrected chi connectivity index (χ0v) is 14.2. The molecular formula is C15H23N3O3S. The first-order valence-corrected chi connectivity index (χ1v) is 8.53. The summed E-state index contributed by atoms with van der Waals surface area (Å²) < 4.78 is 6.77. The van der Waals surface area contributed by atoms with Gasteiger partial charge >= 0.3 is 5.97 Å². The molecule has 22 heavy (non-hydrogen) atoms. The highest BCUT2D eigenvalue weighted by atomic mass is 32.2. The number of hydrogen-bond donors (Lipinski definition) is 1. The number of aryl methyl sites for hydroxylation is 1. The van der Waals surface area contributed by atoms with Crippen LogP contribution in [0.15, 0.2) is 5.16 Å². The van der Waals surface area contributed by atoms with Crippen molar-refractivity contribution in [3.8, 4) is 0 Å². The van der Waals surface area contributed by atoms with Gasteiger partial charge in [0.15, 0.2) is 5.16 Å². The van der Waals surface area contributed by atoms with E-state index in [9.17, 15) is 9.59 Å². The Morgan fingerprint density at radius 2 is 2.05 bits per heavy atom. The molecule has 1 aromatic heterocycles. The third-order valence-corrected chi connectivity index (χ3v) is 4.99. The summed E-state index contributed by atoms with van der Waals surface area (Å²) in [5.41, 5.74) is 2.20. The molecule has 1 heterocycles. The van der Waals surface area contributed by atoms with Gasteiger partial charge in [0, 0.05) is 11.7 Å². The summed E-state index contributed by atoms with van der Waals surface area (Å²) in [6.45, 7) is 4.00. The SMILES string of the molecule is COC(=O)CNC(=O)CSc1nc(C)c(C)n1C1CCCC1. The molecule has 0 aromatic carbocycles. The zero-order chi connectivity index (χ0) is 16.1. The van der Waals surface area contributed by atoms with E-state index >= 15 is 0 Å². The molecule has 0 bridgehead atoms. The number of nitrogens with one attached hydrogen (secondary N) is 1. The minimum Gasteiger partial charge on any atom is -0.468 e. The minimum absolute atomic E-state index is 0.0922. The van der Waals surface area contributed by atoms with E-state index in [-0.39, 0.29) is 18.2 Å². The smallest absolute Gasteiger partial charge is 0.325 e. The number of ether oxygens (including phenoxy) is 1. The van der Waals surface area contributed by atoms with Crippen molar-refractivity contribution in [3.05, 3.63) is 11.4 Å². The molecule has 1 N–H and O–H groups in total. The molecule has 0 saturated heterocycles. The van der Waals surface area contributed by atoms with E-state index in [2.05, 4.69) is 26.5 Å². The number of carbonyl (C=O) groups is 2. The van der Waals surface area contributed by atoms with Crippen LogP contribution in [0.25, 0.3) is 0 Å². The predicted molar refractivity (Wildman–Crippen MR) is 85.0 cm³/mol. The summed E-state index contributed by atoms with van der Waals surface area (Å²) in [5.74, 6) is -0.385. The van der Waals surface area contributed by atoms with E-state index in [1.54, 1.807) is 0 Å². The Morgan fingerprint density at radius 1 is 1.36 bits per heavy atom. The molecule has 1 aliphatic rings. The molecule has 2 rings (SSSR count). The summed E-state index contributed by atoms with van der Waals surface area (Å²) in [7, 11) is 1.30. The number of hydrogen-bond acceptors (Lipinski definition) is 5. The van der Waals surface area contributed by atoms with Crippen LogP contribution >= 0.6 is 11.8 Å². The average Bonchev–Trinajstić information content (AvgIpc) is 3.11. The molecule has 1 aliphatic carbocycles. The number of thioether (sulfide) groups is 1. The molecule has 0 spiro atoms. The third-order valence-electron chi connectivity index (χ3n) is 4.03. The van der Waals surface area contributed by atoms with Crippen LogP contribution in [0.5, 0.6) is 0 Å². The summed E-state index contributed by atoms with van der Waals surface area (Å²) >= 11 is 1.42. The number of amides is 1. The van der Waals surface area contributed by atoms with Gasteiger partial charge in [0.1, 0.15) is 6.54 Å². The van der Waals surface area contributed by atoms with Gasteiger partial charge < -0.3 is 14.6 Å². The number of nitrogens with zero attached hydrogens (tertiary/aromatic N) is 2. The van der Waals surface area contributed by atoms with Crippen molar-refractivity contribution in [2.45, 2.75) is 50.7 Å². The van der Waals surface area contributed by atoms with E-state index in [0.29, 0.717) is 6.04 Å². The van der Waals surface area contributed by atoms with Gasteiger partial charge in [-0.2, -0.15) is 0 Å². The Morgan fingerprint density at radius 3 is 2.68 bits per heavy atom. The zero-order valence-electron chi connectivity index (χ0n) is 13.3. The second kappa shape index (κ2) is 7.67. The molecule has 7 heteroatoms. The first-order chi connectivity index (χ1) is 10.5. The Bertz CT molecular complexity index is 550. The highest BCUT2D eigenvalue weighted by Crippen LogP contribution is 2.35. The van der Waals surface area contributed by atoms with Crippen molar-refractivity contribution in [3.63, 3.8) is 0 Å². The van der Waals surface area contributed by atoms with Gasteiger partial charge in [-0.3, -0.25) is 9.59 Å². The number of esters is 1. The normalized spacial score (nSPS) is 15.0. The van der Waals surface area contributed by atoms with Crippen molar-refractivity contribution in [1.82, 2.24) is 14.9 Å². The van der Waals surface area contributed by atoms with Gasteiger partial charge in [-0.1, -0.05) is 24.6 Å². The van der Waals surface area contributed by atoms with E-state index in [0.717, 1.165) is 10.9 Å². The number of rotatable bonds is 6. The molecule has 122 valence electrons. The van der Waals surface area contributed by atoms with Crippen LogP contribution in [0.3, 0.4) is 0 Å². The van der Waals surface area contributed by atoms with E-state index < -0.39 is 5.97 Å². The Hall–Kier alpha value is -1.50. The van der Waals surface area contributed by atoms with E-state index in [1.165, 1.54) is 50.2 Å². The molecule has 1 fully saturated rings. The lowest BCUT2D eigenvalue weighted by molar-refractivity contribution is -0.140. The van der Waals surface area contributed by atoms with Crippen LogP contribution in [-0.2, 0) is 14.3 Å². The second-order valence-electron chi connectivity index (χ2n) is 5.52. The molecular weight excluding hydrogens is 302 g/mol. The lowest BCUT2D eigenvalue weighted by Gasteiger charge is -2.16. The average molecular weight is 325 g/mol. The fourth-order valence-corrected chi connectivity index (χ4v) is 3.70. The molecule has 1 saturated carbocycles. The van der Waals surface area contributed by atoms with Crippen LogP contribution in [0, 0.1) is 13.8 Å². The summed E-state index contributed by atoms with van der Waals surface area (Å²) in [6, 6.07) is 0.502. The number of imidazole rings is 1. The highest BCUT2D eigenvalue weighted by molar-refractivity contribution is 7.99. The van der Waals surface area contributed by atoms with Crippen molar-refractivity contribution in [2.24, 2.45) is 0 Å². The lowest BCUT2D eigenvalue weighted by atomic mass is 10.2. The molecule has 0 unspecified atom stereocenters. The molecule has 6 nitrogen and oxygen atoms in total. The maximum atomic E-state index is 11.8. The van der Waals surface area contributed by atoms with Crippen LogP contribution in [0.1, 0.15) is 43.1 Å². The van der Waals surface area contributed by atoms with Gasteiger partial charge in [-0.05, 0) is 26.7 Å². The standard InChI is InChI=1S/C15H23N3O3S/c1-10-11(2)18(12-6-4-5-7-12)15(17-10)22-9-13(19)16-8-14(20)21-3/h12H,4-9H2,1-3H3,(H,16,19). The van der Waals surface area contributed by atoms with Gasteiger partial charge in [-0.25, -0.2) is 4.98 Å². The predicted octanol–water partition coefficient (Wildman–Crippen LogP) is 2.00. The van der Waals surface area contributed by atoms with Crippen LogP contribution in [-0.4, -0.2) is 40.8 Å². The van der Waals surface area contributed by atoms with Crippen molar-refractivity contribution < 1.29 is 14.3 Å². The fraction of sp³-hybridized carbons (Fsp3) is 0.667. The molecule has 0 atom stereocenters. The van der Waals surface area contributed by atoms with Crippen molar-refractivity contribution >= 4 is 23.6 Å². The number of aromatic nitrogens is 2. The summed E-state index contributed by atoms with van der Waals surface area (Å²) in [6.07, 6.45) is 4.87. The lowest BCUT2D eigenvalue weighted by Crippen LogP contribution is -2.31. The summed E-state index contributed by atoms with van der Waals surface area (Å²) in [4.78, 5) is 27.4. The van der Waals surface area contributed by atoms with E-state index in [4.69, 9.17) is 0 Å². The summed E-state index contributed by atoms with van der Waals surface area (Å²) in [5, 5.41) is 3.44. The highest BCUT2D eigenvalue weighted by Gasteiger charge is 2.23. The van der Waals surface area contributed by atoms with Crippen molar-refractivity contribution in [2.75, 3.05) is 19.4 Å². The van der Waals surface area contributed by atoms with Gasteiger partial charge in [0.05, 0.1) is 18.6 Å². The second-order valence-corrected chi connectivity index (χ2v) is 6.46. The van der Waals surface area contributed by atoms with E-state index in [1.807, 2.05) is 6.92 Å². The van der Waals surface area contributed by atoms with Gasteiger partial charge in [0.25, 0.3) is 0 Å². The minimum atomic E-state index is -0.447. The maximum Gasteiger partial charge on any atom is 0.325 e. The molecule has 1 amide bonds. The number of carbonyl (C=O) groups excluding carboxylic acids is 2. The monoisotopic (exact) mass is 325 g/mol. The third kappa shape index (κ3) is 4.03. The first kappa shape index (κ1) is 16.9. The van der Waals surface area contributed by atoms with Crippen LogP contribution < -0.4 is 5.32 Å². The van der Waals surface area contributed by atoms with Crippen molar-refractivity contribution in [1.29, 1.82) is 0 Å².